The van der Waals surface area contributed by atoms with E-state index in [1.165, 1.54) is 17.5 Å². The van der Waals surface area contributed by atoms with E-state index >= 15 is 0 Å². The average molecular weight is 351 g/mol. The molecule has 2 aromatic heterocycles. The second-order valence-corrected chi connectivity index (χ2v) is 5.99. The van der Waals surface area contributed by atoms with E-state index in [4.69, 9.17) is 23.2 Å². The quantitative estimate of drug-likeness (QED) is 0.720. The summed E-state index contributed by atoms with van der Waals surface area (Å²) in [4.78, 5) is 15.9. The third-order valence-corrected chi connectivity index (χ3v) is 4.16. The zero-order chi connectivity index (χ0) is 15.5. The fraction of sp³-hybridized carbons (Fsp3) is 0. The molecule has 0 aliphatic heterocycles. The van der Waals surface area contributed by atoms with E-state index < -0.39 is 0 Å². The van der Waals surface area contributed by atoms with Gasteiger partial charge in [-0.25, -0.2) is 4.98 Å². The molecular formula is C14H8Cl2N4OS. The summed E-state index contributed by atoms with van der Waals surface area (Å²) in [5, 5.41) is 12.6. The van der Waals surface area contributed by atoms with E-state index in [0.29, 0.717) is 25.9 Å². The van der Waals surface area contributed by atoms with Crippen LogP contribution >= 0.6 is 34.5 Å². The van der Waals surface area contributed by atoms with Crippen molar-refractivity contribution >= 4 is 45.6 Å². The van der Waals surface area contributed by atoms with E-state index in [1.54, 1.807) is 18.2 Å². The number of benzene rings is 1. The van der Waals surface area contributed by atoms with Gasteiger partial charge in [-0.05, 0) is 18.2 Å². The first-order valence-electron chi connectivity index (χ1n) is 6.15. The third kappa shape index (κ3) is 3.24. The normalized spacial score (nSPS) is 10.5. The lowest BCUT2D eigenvalue weighted by Crippen LogP contribution is -2.11. The third-order valence-electron chi connectivity index (χ3n) is 2.74. The van der Waals surface area contributed by atoms with Crippen molar-refractivity contribution in [1.29, 1.82) is 0 Å². The maximum Gasteiger partial charge on any atom is 0.259 e. The van der Waals surface area contributed by atoms with Crippen molar-refractivity contribution in [3.63, 3.8) is 0 Å². The molecule has 0 bridgehead atoms. The Labute approximate surface area is 139 Å². The Balaban J connectivity index is 1.78. The second-order valence-electron chi connectivity index (χ2n) is 4.22. The van der Waals surface area contributed by atoms with Crippen LogP contribution < -0.4 is 5.32 Å². The van der Waals surface area contributed by atoms with Crippen LogP contribution in [-0.2, 0) is 0 Å². The van der Waals surface area contributed by atoms with Crippen molar-refractivity contribution in [3.05, 3.63) is 58.3 Å². The predicted molar refractivity (Wildman–Crippen MR) is 87.6 cm³/mol. The number of hydrogen-bond donors (Lipinski definition) is 1. The molecule has 0 saturated carbocycles. The lowest BCUT2D eigenvalue weighted by molar-refractivity contribution is 0.102. The minimum Gasteiger partial charge on any atom is -0.296 e. The Morgan fingerprint density at radius 3 is 2.64 bits per heavy atom. The number of nitrogens with zero attached hydrogens (tertiary/aromatic N) is 3. The number of aromatic nitrogens is 3. The molecule has 3 rings (SSSR count). The van der Waals surface area contributed by atoms with Gasteiger partial charge in [-0.2, -0.15) is 0 Å². The van der Waals surface area contributed by atoms with Gasteiger partial charge < -0.3 is 0 Å². The zero-order valence-electron chi connectivity index (χ0n) is 11.0. The molecule has 0 aliphatic rings. The van der Waals surface area contributed by atoms with Crippen molar-refractivity contribution in [2.75, 3.05) is 5.32 Å². The highest BCUT2D eigenvalue weighted by atomic mass is 35.5. The van der Waals surface area contributed by atoms with Crippen LogP contribution in [0.2, 0.25) is 10.2 Å². The molecule has 22 heavy (non-hydrogen) atoms. The van der Waals surface area contributed by atoms with Gasteiger partial charge in [0.15, 0.2) is 5.01 Å². The number of rotatable bonds is 3. The van der Waals surface area contributed by atoms with Crippen LogP contribution in [0.15, 0.2) is 42.6 Å². The maximum absolute atomic E-state index is 12.1. The van der Waals surface area contributed by atoms with Crippen LogP contribution in [0.3, 0.4) is 0 Å². The van der Waals surface area contributed by atoms with E-state index in [-0.39, 0.29) is 5.91 Å². The first kappa shape index (κ1) is 14.9. The van der Waals surface area contributed by atoms with Gasteiger partial charge in [-0.3, -0.25) is 10.1 Å². The first-order chi connectivity index (χ1) is 10.6. The van der Waals surface area contributed by atoms with Crippen molar-refractivity contribution in [2.45, 2.75) is 0 Å². The van der Waals surface area contributed by atoms with Gasteiger partial charge in [0.2, 0.25) is 5.13 Å². The molecule has 3 aromatic rings. The highest BCUT2D eigenvalue weighted by Gasteiger charge is 2.13. The van der Waals surface area contributed by atoms with Crippen molar-refractivity contribution in [1.82, 2.24) is 15.2 Å². The monoisotopic (exact) mass is 350 g/mol. The van der Waals surface area contributed by atoms with Crippen molar-refractivity contribution in [3.8, 4) is 10.6 Å². The predicted octanol–water partition coefficient (Wildman–Crippen LogP) is 4.16. The van der Waals surface area contributed by atoms with Crippen LogP contribution in [0.1, 0.15) is 10.4 Å². The number of carbonyl (C=O) groups excluding carboxylic acids is 1. The first-order valence-corrected chi connectivity index (χ1v) is 7.72. The SMILES string of the molecule is O=C(Nc1nnc(-c2ccccc2Cl)s1)c1ccc(Cl)nc1. The summed E-state index contributed by atoms with van der Waals surface area (Å²) >= 11 is 13.0. The topological polar surface area (TPSA) is 67.8 Å². The molecule has 0 saturated heterocycles. The molecule has 2 heterocycles. The lowest BCUT2D eigenvalue weighted by Gasteiger charge is -2.00. The molecule has 0 radical (unpaired) electrons. The molecule has 0 atom stereocenters. The van der Waals surface area contributed by atoms with Crippen LogP contribution in [0, 0.1) is 0 Å². The maximum atomic E-state index is 12.1. The fourth-order valence-corrected chi connectivity index (χ4v) is 2.87. The van der Waals surface area contributed by atoms with Gasteiger partial charge >= 0.3 is 0 Å². The molecule has 5 nitrogen and oxygen atoms in total. The Morgan fingerprint density at radius 2 is 1.91 bits per heavy atom. The molecule has 0 fully saturated rings. The Hall–Kier alpha value is -2.02. The molecule has 110 valence electrons. The number of pyridine rings is 1. The molecule has 1 N–H and O–H groups in total. The van der Waals surface area contributed by atoms with Gasteiger partial charge in [0.05, 0.1) is 10.6 Å². The average Bonchev–Trinajstić information content (AvgIpc) is 2.96. The molecular weight excluding hydrogens is 343 g/mol. The van der Waals surface area contributed by atoms with E-state index in [0.717, 1.165) is 5.56 Å². The fourth-order valence-electron chi connectivity index (χ4n) is 1.70. The van der Waals surface area contributed by atoms with Crippen molar-refractivity contribution < 1.29 is 4.79 Å². The van der Waals surface area contributed by atoms with Gasteiger partial charge in [0.1, 0.15) is 5.15 Å². The summed E-state index contributed by atoms with van der Waals surface area (Å²) in [6.45, 7) is 0. The minimum atomic E-state index is -0.328. The summed E-state index contributed by atoms with van der Waals surface area (Å²) in [5.41, 5.74) is 1.16. The van der Waals surface area contributed by atoms with Gasteiger partial charge in [-0.1, -0.05) is 52.7 Å². The summed E-state index contributed by atoms with van der Waals surface area (Å²) in [5.74, 6) is -0.328. The highest BCUT2D eigenvalue weighted by molar-refractivity contribution is 7.18. The molecule has 1 aromatic carbocycles. The van der Waals surface area contributed by atoms with Gasteiger partial charge in [0, 0.05) is 11.8 Å². The number of nitrogens with one attached hydrogen (secondary N) is 1. The summed E-state index contributed by atoms with van der Waals surface area (Å²) in [6.07, 6.45) is 1.40. The van der Waals surface area contributed by atoms with Gasteiger partial charge in [-0.15, -0.1) is 10.2 Å². The highest BCUT2D eigenvalue weighted by Crippen LogP contribution is 2.31. The number of amides is 1. The van der Waals surface area contributed by atoms with E-state index in [9.17, 15) is 4.79 Å². The van der Waals surface area contributed by atoms with Crippen LogP contribution in [-0.4, -0.2) is 21.1 Å². The number of carbonyl (C=O) groups is 1. The summed E-state index contributed by atoms with van der Waals surface area (Å²) in [6, 6.07) is 10.4. The molecule has 0 unspecified atom stereocenters. The summed E-state index contributed by atoms with van der Waals surface area (Å²) in [7, 11) is 0. The number of halogens is 2. The molecule has 0 aliphatic carbocycles. The minimum absolute atomic E-state index is 0.327. The number of hydrogen-bond acceptors (Lipinski definition) is 5. The van der Waals surface area contributed by atoms with E-state index in [2.05, 4.69) is 20.5 Å². The smallest absolute Gasteiger partial charge is 0.259 e. The molecule has 8 heteroatoms. The standard InChI is InChI=1S/C14H8Cl2N4OS/c15-10-4-2-1-3-9(10)13-19-20-14(22-13)18-12(21)8-5-6-11(16)17-7-8/h1-7H,(H,18,20,21). The van der Waals surface area contributed by atoms with Crippen LogP contribution in [0.25, 0.3) is 10.6 Å². The summed E-state index contributed by atoms with van der Waals surface area (Å²) < 4.78 is 0. The van der Waals surface area contributed by atoms with Crippen LogP contribution in [0.5, 0.6) is 0 Å². The Bertz CT molecular complexity index is 820. The molecule has 1 amide bonds. The van der Waals surface area contributed by atoms with E-state index in [1.807, 2.05) is 18.2 Å². The molecule has 0 spiro atoms. The Kier molecular flexibility index (Phi) is 4.33. The Morgan fingerprint density at radius 1 is 1.09 bits per heavy atom. The number of anilines is 1. The van der Waals surface area contributed by atoms with Crippen molar-refractivity contribution in [2.24, 2.45) is 0 Å². The lowest BCUT2D eigenvalue weighted by atomic mass is 10.2. The van der Waals surface area contributed by atoms with Crippen LogP contribution in [0.4, 0.5) is 5.13 Å². The largest absolute Gasteiger partial charge is 0.296 e. The second kappa shape index (κ2) is 6.39. The zero-order valence-corrected chi connectivity index (χ0v) is 13.3. The van der Waals surface area contributed by atoms with Gasteiger partial charge in [0.25, 0.3) is 5.91 Å².